The van der Waals surface area contributed by atoms with Gasteiger partial charge in [-0.1, -0.05) is 6.07 Å². The van der Waals surface area contributed by atoms with Crippen LogP contribution in [-0.2, 0) is 9.53 Å². The molecule has 2 aromatic heterocycles. The summed E-state index contributed by atoms with van der Waals surface area (Å²) in [7, 11) is 0. The zero-order chi connectivity index (χ0) is 13.0. The van der Waals surface area contributed by atoms with E-state index in [1.165, 1.54) is 0 Å². The molecule has 0 bridgehead atoms. The van der Waals surface area contributed by atoms with Gasteiger partial charge in [0, 0.05) is 12.7 Å². The average Bonchev–Trinajstić information content (AvgIpc) is 2.74. The number of carbonyl (C=O) groups excluding carboxylic acids is 1. The minimum Gasteiger partial charge on any atom is -0.466 e. The molecule has 1 N–H and O–H groups in total. The number of aromatic nitrogens is 3. The zero-order valence-electron chi connectivity index (χ0n) is 10.5. The molecule has 0 spiro atoms. The first kappa shape index (κ1) is 12.3. The number of hydrogen-bond acceptors (Lipinski definition) is 5. The van der Waals surface area contributed by atoms with Gasteiger partial charge in [0.1, 0.15) is 0 Å². The molecule has 0 saturated heterocycles. The highest BCUT2D eigenvalue weighted by atomic mass is 16.5. The van der Waals surface area contributed by atoms with Crippen molar-refractivity contribution in [3.8, 4) is 0 Å². The van der Waals surface area contributed by atoms with Crippen LogP contribution in [0.5, 0.6) is 0 Å². The molecule has 6 heteroatoms. The van der Waals surface area contributed by atoms with E-state index in [0.29, 0.717) is 25.5 Å². The second-order valence-electron chi connectivity index (χ2n) is 3.88. The average molecular weight is 248 g/mol. The van der Waals surface area contributed by atoms with E-state index in [0.717, 1.165) is 11.2 Å². The number of aryl methyl sites for hydroxylation is 1. The van der Waals surface area contributed by atoms with Crippen molar-refractivity contribution in [2.75, 3.05) is 18.5 Å². The van der Waals surface area contributed by atoms with Crippen molar-refractivity contribution < 1.29 is 9.53 Å². The molecule has 0 atom stereocenters. The molecule has 0 amide bonds. The monoisotopic (exact) mass is 248 g/mol. The Morgan fingerprint density at radius 1 is 1.56 bits per heavy atom. The summed E-state index contributed by atoms with van der Waals surface area (Å²) in [6, 6.07) is 3.89. The molecule has 0 aliphatic heterocycles. The Hall–Kier alpha value is -2.11. The van der Waals surface area contributed by atoms with Crippen LogP contribution in [0.25, 0.3) is 5.65 Å². The number of hydrogen-bond donors (Lipinski definition) is 1. The first-order chi connectivity index (χ1) is 8.70. The van der Waals surface area contributed by atoms with E-state index in [2.05, 4.69) is 15.4 Å². The largest absolute Gasteiger partial charge is 0.466 e. The number of rotatable bonds is 5. The number of anilines is 1. The lowest BCUT2D eigenvalue weighted by Crippen LogP contribution is -2.11. The summed E-state index contributed by atoms with van der Waals surface area (Å²) >= 11 is 0. The van der Waals surface area contributed by atoms with Crippen LogP contribution in [0, 0.1) is 6.92 Å². The summed E-state index contributed by atoms with van der Waals surface area (Å²) in [4.78, 5) is 15.5. The SMILES string of the molecule is CCOC(=O)CCNc1nc2c(C)cccn2n1. The Balaban J connectivity index is 1.96. The fourth-order valence-electron chi connectivity index (χ4n) is 1.62. The predicted molar refractivity (Wildman–Crippen MR) is 67.5 cm³/mol. The number of esters is 1. The summed E-state index contributed by atoms with van der Waals surface area (Å²) in [6.07, 6.45) is 2.15. The maximum atomic E-state index is 11.2. The fourth-order valence-corrected chi connectivity index (χ4v) is 1.62. The zero-order valence-corrected chi connectivity index (χ0v) is 10.5. The maximum Gasteiger partial charge on any atom is 0.307 e. The molecule has 0 aliphatic carbocycles. The van der Waals surface area contributed by atoms with Crippen LogP contribution in [0.4, 0.5) is 5.95 Å². The second kappa shape index (κ2) is 5.48. The highest BCUT2D eigenvalue weighted by Gasteiger charge is 2.06. The third-order valence-corrected chi connectivity index (χ3v) is 2.48. The van der Waals surface area contributed by atoms with Crippen LogP contribution in [0.1, 0.15) is 18.9 Å². The quantitative estimate of drug-likeness (QED) is 0.810. The standard InChI is InChI=1S/C12H16N4O2/c1-3-18-10(17)6-7-13-12-14-11-9(2)5-4-8-16(11)15-12/h4-5,8H,3,6-7H2,1-2H3,(H,13,15). The number of carbonyl (C=O) groups is 1. The fraction of sp³-hybridized carbons (Fsp3) is 0.417. The van der Waals surface area contributed by atoms with Crippen molar-refractivity contribution in [1.29, 1.82) is 0 Å². The van der Waals surface area contributed by atoms with E-state index >= 15 is 0 Å². The lowest BCUT2D eigenvalue weighted by Gasteiger charge is -2.01. The van der Waals surface area contributed by atoms with Gasteiger partial charge < -0.3 is 10.1 Å². The Labute approximate surface area is 105 Å². The van der Waals surface area contributed by atoms with E-state index in [1.54, 1.807) is 11.4 Å². The number of nitrogens with one attached hydrogen (secondary N) is 1. The van der Waals surface area contributed by atoms with Crippen LogP contribution in [0.2, 0.25) is 0 Å². The Morgan fingerprint density at radius 2 is 2.39 bits per heavy atom. The van der Waals surface area contributed by atoms with Crippen LogP contribution in [-0.4, -0.2) is 33.7 Å². The third-order valence-electron chi connectivity index (χ3n) is 2.48. The lowest BCUT2D eigenvalue weighted by molar-refractivity contribution is -0.142. The van der Waals surface area contributed by atoms with Crippen molar-refractivity contribution in [3.05, 3.63) is 23.9 Å². The van der Waals surface area contributed by atoms with Crippen LogP contribution in [0.15, 0.2) is 18.3 Å². The number of pyridine rings is 1. The minimum atomic E-state index is -0.218. The van der Waals surface area contributed by atoms with Crippen molar-refractivity contribution in [1.82, 2.24) is 14.6 Å². The molecule has 0 fully saturated rings. The molecule has 18 heavy (non-hydrogen) atoms. The molecule has 2 aromatic rings. The number of nitrogens with zero attached hydrogens (tertiary/aromatic N) is 3. The first-order valence-corrected chi connectivity index (χ1v) is 5.92. The molecular weight excluding hydrogens is 232 g/mol. The summed E-state index contributed by atoms with van der Waals surface area (Å²) in [5.41, 5.74) is 1.87. The Morgan fingerprint density at radius 3 is 3.11 bits per heavy atom. The van der Waals surface area contributed by atoms with Crippen molar-refractivity contribution in [2.45, 2.75) is 20.3 Å². The van der Waals surface area contributed by atoms with E-state index in [-0.39, 0.29) is 5.97 Å². The van der Waals surface area contributed by atoms with Crippen molar-refractivity contribution in [3.63, 3.8) is 0 Å². The van der Waals surface area contributed by atoms with Gasteiger partial charge in [0.05, 0.1) is 13.0 Å². The van der Waals surface area contributed by atoms with Crippen LogP contribution < -0.4 is 5.32 Å². The van der Waals surface area contributed by atoms with Crippen molar-refractivity contribution in [2.24, 2.45) is 0 Å². The van der Waals surface area contributed by atoms with Crippen molar-refractivity contribution >= 4 is 17.6 Å². The second-order valence-corrected chi connectivity index (χ2v) is 3.88. The normalized spacial score (nSPS) is 10.6. The van der Waals surface area contributed by atoms with Gasteiger partial charge in [-0.05, 0) is 25.5 Å². The van der Waals surface area contributed by atoms with Gasteiger partial charge in [0.15, 0.2) is 5.65 Å². The molecular formula is C12H16N4O2. The Kier molecular flexibility index (Phi) is 3.76. The van der Waals surface area contributed by atoms with Crippen LogP contribution in [0.3, 0.4) is 0 Å². The maximum absolute atomic E-state index is 11.2. The van der Waals surface area contributed by atoms with E-state index < -0.39 is 0 Å². The van der Waals surface area contributed by atoms with Gasteiger partial charge in [-0.25, -0.2) is 4.52 Å². The molecule has 0 aliphatic rings. The molecule has 2 heterocycles. The summed E-state index contributed by atoms with van der Waals surface area (Å²) in [5, 5.41) is 7.27. The highest BCUT2D eigenvalue weighted by molar-refractivity contribution is 5.69. The van der Waals surface area contributed by atoms with Gasteiger partial charge >= 0.3 is 5.97 Å². The molecule has 0 unspecified atom stereocenters. The van der Waals surface area contributed by atoms with E-state index in [4.69, 9.17) is 4.74 Å². The van der Waals surface area contributed by atoms with Gasteiger partial charge in [-0.15, -0.1) is 5.10 Å². The van der Waals surface area contributed by atoms with E-state index in [1.807, 2.05) is 25.3 Å². The highest BCUT2D eigenvalue weighted by Crippen LogP contribution is 2.09. The summed E-state index contributed by atoms with van der Waals surface area (Å²) in [5.74, 6) is 0.304. The van der Waals surface area contributed by atoms with Gasteiger partial charge in [0.25, 0.3) is 0 Å². The topological polar surface area (TPSA) is 68.5 Å². The number of fused-ring (bicyclic) bond motifs is 1. The molecule has 6 nitrogen and oxygen atoms in total. The predicted octanol–water partition coefficient (Wildman–Crippen LogP) is 1.40. The van der Waals surface area contributed by atoms with Gasteiger partial charge in [-0.2, -0.15) is 4.98 Å². The minimum absolute atomic E-state index is 0.218. The lowest BCUT2D eigenvalue weighted by atomic mass is 10.3. The summed E-state index contributed by atoms with van der Waals surface area (Å²) in [6.45, 7) is 4.64. The number of ether oxygens (including phenoxy) is 1. The summed E-state index contributed by atoms with van der Waals surface area (Å²) < 4.78 is 6.54. The van der Waals surface area contributed by atoms with Gasteiger partial charge in [0.2, 0.25) is 5.95 Å². The third kappa shape index (κ3) is 2.77. The van der Waals surface area contributed by atoms with Gasteiger partial charge in [-0.3, -0.25) is 4.79 Å². The Bertz CT molecular complexity index is 550. The van der Waals surface area contributed by atoms with E-state index in [9.17, 15) is 4.79 Å². The molecule has 0 aromatic carbocycles. The molecule has 96 valence electrons. The molecule has 2 rings (SSSR count). The molecule has 0 radical (unpaired) electrons. The smallest absolute Gasteiger partial charge is 0.307 e. The first-order valence-electron chi connectivity index (χ1n) is 5.92. The molecule has 0 saturated carbocycles. The van der Waals surface area contributed by atoms with Crippen LogP contribution >= 0.6 is 0 Å².